The number of carbonyl (C=O) groups is 1. The van der Waals surface area contributed by atoms with Crippen LogP contribution in [0.3, 0.4) is 0 Å². The van der Waals surface area contributed by atoms with Gasteiger partial charge in [-0.2, -0.15) is 0 Å². The van der Waals surface area contributed by atoms with Crippen LogP contribution in [-0.4, -0.2) is 22.7 Å². The summed E-state index contributed by atoms with van der Waals surface area (Å²) < 4.78 is 0. The van der Waals surface area contributed by atoms with Crippen LogP contribution in [0.2, 0.25) is 0 Å². The van der Waals surface area contributed by atoms with E-state index in [4.69, 9.17) is 5.11 Å². The fourth-order valence-corrected chi connectivity index (χ4v) is 1.99. The van der Waals surface area contributed by atoms with Crippen LogP contribution < -0.4 is 5.32 Å². The fraction of sp³-hybridized carbons (Fsp3) is 0.188. The molecule has 1 unspecified atom stereocenters. The van der Waals surface area contributed by atoms with Crippen molar-refractivity contribution in [1.29, 1.82) is 0 Å². The van der Waals surface area contributed by atoms with Gasteiger partial charge in [0.2, 0.25) is 0 Å². The topological polar surface area (TPSA) is 69.6 Å². The molecule has 0 fully saturated rings. The van der Waals surface area contributed by atoms with Crippen LogP contribution in [0.1, 0.15) is 27.6 Å². The van der Waals surface area contributed by atoms with Crippen molar-refractivity contribution >= 4 is 11.7 Å². The standard InChI is InChI=1S/C16H17NO3/c1-11-9-13(16(19)20)7-8-14(11)17-10-15(18)12-5-3-2-4-6-12/h2-9,15,17-18H,10H2,1H3,(H,19,20). The second kappa shape index (κ2) is 6.21. The Balaban J connectivity index is 2.02. The van der Waals surface area contributed by atoms with E-state index < -0.39 is 12.1 Å². The van der Waals surface area contributed by atoms with Gasteiger partial charge in [-0.05, 0) is 36.2 Å². The number of carboxylic acids is 1. The summed E-state index contributed by atoms with van der Waals surface area (Å²) in [5.41, 5.74) is 2.77. The van der Waals surface area contributed by atoms with Gasteiger partial charge in [-0.3, -0.25) is 0 Å². The monoisotopic (exact) mass is 271 g/mol. The van der Waals surface area contributed by atoms with Crippen molar-refractivity contribution in [2.45, 2.75) is 13.0 Å². The minimum absolute atomic E-state index is 0.261. The average molecular weight is 271 g/mol. The van der Waals surface area contributed by atoms with Gasteiger partial charge in [0.15, 0.2) is 0 Å². The minimum atomic E-state index is -0.941. The number of aliphatic hydroxyl groups is 1. The maximum atomic E-state index is 10.9. The Morgan fingerprint density at radius 2 is 1.90 bits per heavy atom. The van der Waals surface area contributed by atoms with Crippen molar-refractivity contribution in [3.63, 3.8) is 0 Å². The summed E-state index contributed by atoms with van der Waals surface area (Å²) in [6, 6.07) is 14.3. The Morgan fingerprint density at radius 1 is 1.20 bits per heavy atom. The van der Waals surface area contributed by atoms with E-state index in [2.05, 4.69) is 5.32 Å². The predicted octanol–water partition coefficient (Wildman–Crippen LogP) is 2.84. The largest absolute Gasteiger partial charge is 0.478 e. The highest BCUT2D eigenvalue weighted by molar-refractivity contribution is 5.88. The Hall–Kier alpha value is -2.33. The first kappa shape index (κ1) is 14.1. The van der Waals surface area contributed by atoms with Crippen molar-refractivity contribution in [3.05, 3.63) is 65.2 Å². The lowest BCUT2D eigenvalue weighted by Gasteiger charge is -2.15. The molecule has 2 aromatic carbocycles. The third-order valence-corrected chi connectivity index (χ3v) is 3.14. The molecule has 3 N–H and O–H groups in total. The number of aryl methyl sites for hydroxylation is 1. The van der Waals surface area contributed by atoms with E-state index in [9.17, 15) is 9.90 Å². The summed E-state index contributed by atoms with van der Waals surface area (Å²) in [4.78, 5) is 10.9. The van der Waals surface area contributed by atoms with Crippen molar-refractivity contribution in [3.8, 4) is 0 Å². The molecule has 0 heterocycles. The van der Waals surface area contributed by atoms with Crippen LogP contribution >= 0.6 is 0 Å². The second-order valence-electron chi connectivity index (χ2n) is 4.64. The summed E-state index contributed by atoms with van der Waals surface area (Å²) in [7, 11) is 0. The number of rotatable bonds is 5. The molecule has 2 rings (SSSR count). The van der Waals surface area contributed by atoms with Crippen molar-refractivity contribution in [2.24, 2.45) is 0 Å². The van der Waals surface area contributed by atoms with Gasteiger partial charge in [0.1, 0.15) is 0 Å². The number of benzene rings is 2. The lowest BCUT2D eigenvalue weighted by Crippen LogP contribution is -2.13. The molecule has 0 saturated carbocycles. The van der Waals surface area contributed by atoms with E-state index in [1.807, 2.05) is 37.3 Å². The first-order chi connectivity index (χ1) is 9.58. The minimum Gasteiger partial charge on any atom is -0.478 e. The van der Waals surface area contributed by atoms with Gasteiger partial charge in [-0.15, -0.1) is 0 Å². The van der Waals surface area contributed by atoms with Crippen molar-refractivity contribution < 1.29 is 15.0 Å². The van der Waals surface area contributed by atoms with Crippen LogP contribution in [0.5, 0.6) is 0 Å². The molecule has 104 valence electrons. The van der Waals surface area contributed by atoms with Gasteiger partial charge in [-0.1, -0.05) is 30.3 Å². The molecular weight excluding hydrogens is 254 g/mol. The molecule has 0 saturated heterocycles. The molecule has 4 heteroatoms. The number of anilines is 1. The Kier molecular flexibility index (Phi) is 4.38. The summed E-state index contributed by atoms with van der Waals surface area (Å²) >= 11 is 0. The first-order valence-electron chi connectivity index (χ1n) is 6.39. The smallest absolute Gasteiger partial charge is 0.335 e. The normalized spacial score (nSPS) is 11.9. The number of aliphatic hydroxyl groups excluding tert-OH is 1. The summed E-state index contributed by atoms with van der Waals surface area (Å²) in [6.45, 7) is 2.21. The molecule has 0 aliphatic carbocycles. The van der Waals surface area contributed by atoms with E-state index in [1.165, 1.54) is 0 Å². The van der Waals surface area contributed by atoms with Gasteiger partial charge >= 0.3 is 5.97 Å². The summed E-state index contributed by atoms with van der Waals surface area (Å²) in [5.74, 6) is -0.941. The molecule has 1 atom stereocenters. The predicted molar refractivity (Wildman–Crippen MR) is 78.0 cm³/mol. The lowest BCUT2D eigenvalue weighted by atomic mass is 10.1. The van der Waals surface area contributed by atoms with Crippen molar-refractivity contribution in [2.75, 3.05) is 11.9 Å². The van der Waals surface area contributed by atoms with Gasteiger partial charge in [-0.25, -0.2) is 4.79 Å². The number of aromatic carboxylic acids is 1. The molecule has 2 aromatic rings. The number of nitrogens with one attached hydrogen (secondary N) is 1. The highest BCUT2D eigenvalue weighted by atomic mass is 16.4. The molecule has 0 aromatic heterocycles. The van der Waals surface area contributed by atoms with Gasteiger partial charge in [0, 0.05) is 12.2 Å². The molecule has 4 nitrogen and oxygen atoms in total. The van der Waals surface area contributed by atoms with Crippen LogP contribution in [0, 0.1) is 6.92 Å². The zero-order chi connectivity index (χ0) is 14.5. The molecule has 0 bridgehead atoms. The van der Waals surface area contributed by atoms with Gasteiger partial charge in [0.05, 0.1) is 11.7 Å². The first-order valence-corrected chi connectivity index (χ1v) is 6.39. The SMILES string of the molecule is Cc1cc(C(=O)O)ccc1NCC(O)c1ccccc1. The van der Waals surface area contributed by atoms with Gasteiger partial charge in [0.25, 0.3) is 0 Å². The molecule has 0 amide bonds. The highest BCUT2D eigenvalue weighted by Crippen LogP contribution is 2.19. The third-order valence-electron chi connectivity index (χ3n) is 3.14. The second-order valence-corrected chi connectivity index (χ2v) is 4.64. The van der Waals surface area contributed by atoms with Crippen LogP contribution in [0.4, 0.5) is 5.69 Å². The maximum Gasteiger partial charge on any atom is 0.335 e. The van der Waals surface area contributed by atoms with Crippen molar-refractivity contribution in [1.82, 2.24) is 0 Å². The number of carboxylic acid groups (broad SMARTS) is 1. The zero-order valence-corrected chi connectivity index (χ0v) is 11.2. The molecule has 0 radical (unpaired) electrons. The molecule has 0 aliphatic rings. The van der Waals surface area contributed by atoms with E-state index in [0.717, 1.165) is 16.8 Å². The van der Waals surface area contributed by atoms with Crippen LogP contribution in [0.25, 0.3) is 0 Å². The molecular formula is C16H17NO3. The summed E-state index contributed by atoms with van der Waals surface area (Å²) in [6.07, 6.45) is -0.602. The van der Waals surface area contributed by atoms with E-state index in [0.29, 0.717) is 6.54 Å². The third kappa shape index (κ3) is 3.36. The summed E-state index contributed by atoms with van der Waals surface area (Å²) in [5, 5.41) is 22.1. The molecule has 0 spiro atoms. The number of hydrogen-bond acceptors (Lipinski definition) is 3. The maximum absolute atomic E-state index is 10.9. The fourth-order valence-electron chi connectivity index (χ4n) is 1.99. The zero-order valence-electron chi connectivity index (χ0n) is 11.2. The average Bonchev–Trinajstić information content (AvgIpc) is 2.46. The lowest BCUT2D eigenvalue weighted by molar-refractivity contribution is 0.0697. The highest BCUT2D eigenvalue weighted by Gasteiger charge is 2.09. The Morgan fingerprint density at radius 3 is 2.50 bits per heavy atom. The Labute approximate surface area is 117 Å². The molecule has 20 heavy (non-hydrogen) atoms. The van der Waals surface area contributed by atoms with E-state index in [-0.39, 0.29) is 5.56 Å². The van der Waals surface area contributed by atoms with Crippen LogP contribution in [0.15, 0.2) is 48.5 Å². The van der Waals surface area contributed by atoms with E-state index in [1.54, 1.807) is 18.2 Å². The Bertz CT molecular complexity index is 596. The van der Waals surface area contributed by atoms with Crippen LogP contribution in [-0.2, 0) is 0 Å². The van der Waals surface area contributed by atoms with E-state index >= 15 is 0 Å². The van der Waals surface area contributed by atoms with Gasteiger partial charge < -0.3 is 15.5 Å². The molecule has 0 aliphatic heterocycles. The number of hydrogen-bond donors (Lipinski definition) is 3. The quantitative estimate of drug-likeness (QED) is 0.782.